The fourth-order valence-corrected chi connectivity index (χ4v) is 8.93. The van der Waals surface area contributed by atoms with Gasteiger partial charge < -0.3 is 9.13 Å². The third kappa shape index (κ3) is 4.85. The summed E-state index contributed by atoms with van der Waals surface area (Å²) in [6.07, 6.45) is 14.0. The number of nitrogens with zero attached hydrogens (tertiary/aromatic N) is 2. The van der Waals surface area contributed by atoms with Gasteiger partial charge in [-0.15, -0.1) is 0 Å². The average molecular weight is 645 g/mol. The maximum absolute atomic E-state index is 2.64. The fourth-order valence-electron chi connectivity index (χ4n) is 8.93. The molecular weight excluding hydrogens is 605 g/mol. The van der Waals surface area contributed by atoms with Crippen LogP contribution in [0, 0.1) is 0 Å². The SMILES string of the molecule is C1=C(C2=CC(n3c4ccccc4c4cc(-c5ccc6c(c5)c5ccccc5n6-c5cccc(-c6ccccc6)c5)ccc43)CCC2)CCCC1. The van der Waals surface area contributed by atoms with Gasteiger partial charge in [-0.1, -0.05) is 103 Å². The van der Waals surface area contributed by atoms with Crippen LogP contribution in [0.4, 0.5) is 0 Å². The summed E-state index contributed by atoms with van der Waals surface area (Å²) >= 11 is 0. The van der Waals surface area contributed by atoms with Gasteiger partial charge >= 0.3 is 0 Å². The zero-order valence-electron chi connectivity index (χ0n) is 28.4. The average Bonchev–Trinajstić information content (AvgIpc) is 3.71. The molecule has 50 heavy (non-hydrogen) atoms. The van der Waals surface area contributed by atoms with Gasteiger partial charge in [0.15, 0.2) is 0 Å². The van der Waals surface area contributed by atoms with Crippen LogP contribution in [-0.2, 0) is 0 Å². The minimum absolute atomic E-state index is 0.387. The van der Waals surface area contributed by atoms with E-state index in [1.807, 2.05) is 0 Å². The lowest BCUT2D eigenvalue weighted by molar-refractivity contribution is 0.528. The number of aromatic nitrogens is 2. The van der Waals surface area contributed by atoms with Crippen LogP contribution in [0.25, 0.3) is 71.6 Å². The molecule has 0 N–H and O–H groups in total. The molecule has 2 nitrogen and oxygen atoms in total. The van der Waals surface area contributed by atoms with Crippen LogP contribution in [0.5, 0.6) is 0 Å². The van der Waals surface area contributed by atoms with Crippen LogP contribution in [0.15, 0.2) is 163 Å². The molecule has 0 saturated heterocycles. The van der Waals surface area contributed by atoms with Gasteiger partial charge in [0.05, 0.1) is 17.1 Å². The van der Waals surface area contributed by atoms with Crippen molar-refractivity contribution in [2.75, 3.05) is 0 Å². The maximum Gasteiger partial charge on any atom is 0.0541 e. The maximum atomic E-state index is 2.64. The number of hydrogen-bond donors (Lipinski definition) is 0. The Bertz CT molecular complexity index is 2630. The highest BCUT2D eigenvalue weighted by Crippen LogP contribution is 2.41. The Kier molecular flexibility index (Phi) is 7.08. The first-order chi connectivity index (χ1) is 24.8. The number of rotatable bonds is 5. The normalized spacial score (nSPS) is 16.7. The summed E-state index contributed by atoms with van der Waals surface area (Å²) in [7, 11) is 0. The van der Waals surface area contributed by atoms with E-state index in [-0.39, 0.29) is 0 Å². The summed E-state index contributed by atoms with van der Waals surface area (Å²) in [5.74, 6) is 0. The highest BCUT2D eigenvalue weighted by molar-refractivity contribution is 6.12. The Hall–Kier alpha value is -5.60. The van der Waals surface area contributed by atoms with E-state index in [0.29, 0.717) is 6.04 Å². The third-order valence-electron chi connectivity index (χ3n) is 11.3. The second-order valence-corrected chi connectivity index (χ2v) is 14.2. The van der Waals surface area contributed by atoms with E-state index < -0.39 is 0 Å². The molecule has 1 atom stereocenters. The predicted octanol–water partition coefficient (Wildman–Crippen LogP) is 13.4. The first kappa shape index (κ1) is 29.3. The molecule has 8 aromatic rings. The van der Waals surface area contributed by atoms with Crippen molar-refractivity contribution >= 4 is 43.6 Å². The highest BCUT2D eigenvalue weighted by atomic mass is 15.0. The van der Waals surface area contributed by atoms with Gasteiger partial charge in [-0.2, -0.15) is 0 Å². The Balaban J connectivity index is 1.10. The molecule has 0 bridgehead atoms. The molecule has 0 amide bonds. The van der Waals surface area contributed by atoms with Crippen LogP contribution in [-0.4, -0.2) is 9.13 Å². The van der Waals surface area contributed by atoms with Crippen molar-refractivity contribution in [3.05, 3.63) is 163 Å². The highest BCUT2D eigenvalue weighted by Gasteiger charge is 2.23. The van der Waals surface area contributed by atoms with Crippen molar-refractivity contribution in [1.82, 2.24) is 9.13 Å². The van der Waals surface area contributed by atoms with Gasteiger partial charge in [-0.25, -0.2) is 0 Å². The van der Waals surface area contributed by atoms with Crippen molar-refractivity contribution in [3.8, 4) is 27.9 Å². The lowest BCUT2D eigenvalue weighted by Gasteiger charge is -2.27. The van der Waals surface area contributed by atoms with Crippen LogP contribution >= 0.6 is 0 Å². The molecule has 1 unspecified atom stereocenters. The predicted molar refractivity (Wildman–Crippen MR) is 212 cm³/mol. The quantitative estimate of drug-likeness (QED) is 0.176. The Morgan fingerprint density at radius 1 is 0.440 bits per heavy atom. The molecule has 10 rings (SSSR count). The first-order valence-corrected chi connectivity index (χ1v) is 18.4. The van der Waals surface area contributed by atoms with Gasteiger partial charge in [0.2, 0.25) is 0 Å². The second-order valence-electron chi connectivity index (χ2n) is 14.2. The molecule has 0 radical (unpaired) electrons. The zero-order valence-corrected chi connectivity index (χ0v) is 28.4. The first-order valence-electron chi connectivity index (χ1n) is 18.4. The van der Waals surface area contributed by atoms with Gasteiger partial charge in [-0.05, 0) is 127 Å². The van der Waals surface area contributed by atoms with Crippen molar-refractivity contribution in [2.24, 2.45) is 0 Å². The zero-order chi connectivity index (χ0) is 33.0. The lowest BCUT2D eigenvalue weighted by Crippen LogP contribution is -2.12. The summed E-state index contributed by atoms with van der Waals surface area (Å²) in [4.78, 5) is 0. The van der Waals surface area contributed by atoms with E-state index in [1.165, 1.54) is 116 Å². The summed E-state index contributed by atoms with van der Waals surface area (Å²) in [5, 5.41) is 5.25. The minimum Gasteiger partial charge on any atom is -0.333 e. The van der Waals surface area contributed by atoms with Gasteiger partial charge in [0, 0.05) is 38.3 Å². The Labute approximate surface area is 293 Å². The van der Waals surface area contributed by atoms with Gasteiger partial charge in [0.1, 0.15) is 0 Å². The molecule has 242 valence electrons. The summed E-state index contributed by atoms with van der Waals surface area (Å²) in [5.41, 5.74) is 14.5. The number of benzene rings is 6. The number of para-hydroxylation sites is 2. The van der Waals surface area contributed by atoms with E-state index >= 15 is 0 Å². The smallest absolute Gasteiger partial charge is 0.0541 e. The number of allylic oxidation sites excluding steroid dienone is 4. The van der Waals surface area contributed by atoms with Crippen LogP contribution in [0.2, 0.25) is 0 Å². The second kappa shape index (κ2) is 12.1. The molecule has 0 spiro atoms. The molecule has 0 aliphatic heterocycles. The van der Waals surface area contributed by atoms with Crippen molar-refractivity contribution in [3.63, 3.8) is 0 Å². The number of hydrogen-bond acceptors (Lipinski definition) is 0. The molecular formula is C48H40N2. The molecule has 2 aromatic heterocycles. The van der Waals surface area contributed by atoms with E-state index in [1.54, 1.807) is 11.1 Å². The molecule has 0 saturated carbocycles. The monoisotopic (exact) mass is 644 g/mol. The van der Waals surface area contributed by atoms with E-state index in [2.05, 4.69) is 161 Å². The standard InChI is InChI=1S/C48H40N2/c1-3-13-33(14-4-1)35-17-11-19-39(29-35)49-45-23-9-7-21-41(45)43-31-37(25-27-47(43)49)38-26-28-48-44(32-38)42-22-8-10-24-46(42)50(48)40-20-12-18-36(30-40)34-15-5-2-6-16-34/h1,3-4,7-11,13-15,17,19,21-32,40H,2,5-6,12,16,18,20H2. The third-order valence-corrected chi connectivity index (χ3v) is 11.3. The Morgan fingerprint density at radius 3 is 1.86 bits per heavy atom. The summed E-state index contributed by atoms with van der Waals surface area (Å²) in [6.45, 7) is 0. The fraction of sp³-hybridized carbons (Fsp3) is 0.167. The molecule has 2 heteroatoms. The van der Waals surface area contributed by atoms with Crippen molar-refractivity contribution in [2.45, 2.75) is 51.0 Å². The van der Waals surface area contributed by atoms with E-state index in [0.717, 1.165) is 0 Å². The largest absolute Gasteiger partial charge is 0.333 e. The molecule has 2 aliphatic carbocycles. The minimum atomic E-state index is 0.387. The molecule has 6 aromatic carbocycles. The van der Waals surface area contributed by atoms with E-state index in [4.69, 9.17) is 0 Å². The topological polar surface area (TPSA) is 9.86 Å². The molecule has 0 fully saturated rings. The van der Waals surface area contributed by atoms with Crippen molar-refractivity contribution in [1.29, 1.82) is 0 Å². The molecule has 2 aliphatic rings. The van der Waals surface area contributed by atoms with Crippen LogP contribution in [0.1, 0.15) is 51.0 Å². The van der Waals surface area contributed by atoms with Crippen LogP contribution < -0.4 is 0 Å². The summed E-state index contributed by atoms with van der Waals surface area (Å²) in [6, 6.07) is 52.1. The Morgan fingerprint density at radius 2 is 1.06 bits per heavy atom. The van der Waals surface area contributed by atoms with Crippen molar-refractivity contribution < 1.29 is 0 Å². The molecule has 2 heterocycles. The van der Waals surface area contributed by atoms with Crippen LogP contribution in [0.3, 0.4) is 0 Å². The van der Waals surface area contributed by atoms with Gasteiger partial charge in [-0.3, -0.25) is 0 Å². The van der Waals surface area contributed by atoms with E-state index in [9.17, 15) is 0 Å². The number of fused-ring (bicyclic) bond motifs is 6. The van der Waals surface area contributed by atoms with Gasteiger partial charge in [0.25, 0.3) is 0 Å². The lowest BCUT2D eigenvalue weighted by atomic mass is 9.85. The summed E-state index contributed by atoms with van der Waals surface area (Å²) < 4.78 is 5.06.